The number of ether oxygens (including phenoxy) is 1. The Balaban J connectivity index is 1.83. The molecular formula is C19H24N2O5. The van der Waals surface area contributed by atoms with Gasteiger partial charge in [-0.1, -0.05) is 19.3 Å². The Hall–Kier alpha value is -2.44. The van der Waals surface area contributed by atoms with Crippen LogP contribution in [0.5, 0.6) is 0 Å². The smallest absolute Gasteiger partial charge is 0.338 e. The molecule has 1 aliphatic heterocycles. The summed E-state index contributed by atoms with van der Waals surface area (Å²) in [5.41, 5.74) is -0.0556. The molecule has 1 aliphatic carbocycles. The zero-order valence-electron chi connectivity index (χ0n) is 15.0. The molecule has 0 unspecified atom stereocenters. The topological polar surface area (TPSA) is 89.8 Å². The first-order valence-electron chi connectivity index (χ1n) is 9.25. The summed E-state index contributed by atoms with van der Waals surface area (Å²) in [7, 11) is 0. The number of nitro groups is 1. The number of hydrogen-bond donors (Lipinski definition) is 0. The van der Waals surface area contributed by atoms with Crippen molar-refractivity contribution in [3.8, 4) is 0 Å². The number of esters is 1. The van der Waals surface area contributed by atoms with E-state index in [9.17, 15) is 19.7 Å². The van der Waals surface area contributed by atoms with E-state index in [4.69, 9.17) is 4.74 Å². The number of amides is 1. The van der Waals surface area contributed by atoms with E-state index in [2.05, 4.69) is 0 Å². The number of carbonyl (C=O) groups is 2. The number of nitro benzene ring substituents is 1. The van der Waals surface area contributed by atoms with E-state index in [1.54, 1.807) is 11.8 Å². The molecule has 1 saturated carbocycles. The summed E-state index contributed by atoms with van der Waals surface area (Å²) in [5.74, 6) is 0.303. The van der Waals surface area contributed by atoms with E-state index >= 15 is 0 Å². The third-order valence-electron chi connectivity index (χ3n) is 5.47. The highest BCUT2D eigenvalue weighted by molar-refractivity contribution is 5.99. The number of carbonyl (C=O) groups excluding carboxylic acids is 2. The maximum Gasteiger partial charge on any atom is 0.338 e. The highest BCUT2D eigenvalue weighted by Crippen LogP contribution is 2.36. The first-order chi connectivity index (χ1) is 12.5. The highest BCUT2D eigenvalue weighted by atomic mass is 16.6. The molecule has 1 aromatic rings. The van der Waals surface area contributed by atoms with E-state index in [-0.39, 0.29) is 29.3 Å². The Morgan fingerprint density at radius 1 is 1.15 bits per heavy atom. The van der Waals surface area contributed by atoms with Crippen LogP contribution in [0.4, 0.5) is 5.69 Å². The van der Waals surface area contributed by atoms with Crippen LogP contribution in [-0.2, 0) is 4.74 Å². The predicted molar refractivity (Wildman–Crippen MR) is 95.0 cm³/mol. The fourth-order valence-electron chi connectivity index (χ4n) is 4.14. The zero-order chi connectivity index (χ0) is 18.7. The first kappa shape index (κ1) is 18.4. The summed E-state index contributed by atoms with van der Waals surface area (Å²) in [6.45, 7) is 3.19. The van der Waals surface area contributed by atoms with Crippen LogP contribution < -0.4 is 0 Å². The quantitative estimate of drug-likeness (QED) is 0.466. The molecule has 0 radical (unpaired) electrons. The van der Waals surface area contributed by atoms with Crippen molar-refractivity contribution >= 4 is 17.6 Å². The van der Waals surface area contributed by atoms with E-state index in [1.807, 2.05) is 0 Å². The summed E-state index contributed by atoms with van der Waals surface area (Å²) in [4.78, 5) is 37.3. The van der Waals surface area contributed by atoms with Gasteiger partial charge in [0.2, 0.25) is 0 Å². The van der Waals surface area contributed by atoms with Gasteiger partial charge in [-0.25, -0.2) is 4.79 Å². The van der Waals surface area contributed by atoms with Crippen molar-refractivity contribution in [3.05, 3.63) is 39.4 Å². The normalized spacial score (nSPS) is 22.4. The second-order valence-electron chi connectivity index (χ2n) is 7.09. The molecule has 2 fully saturated rings. The minimum Gasteiger partial charge on any atom is -0.462 e. The molecule has 1 heterocycles. The Bertz CT molecular complexity index is 718. The van der Waals surface area contributed by atoms with Crippen molar-refractivity contribution in [2.24, 2.45) is 11.8 Å². The molecule has 0 spiro atoms. The number of hydrogen-bond acceptors (Lipinski definition) is 5. The van der Waals surface area contributed by atoms with Gasteiger partial charge >= 0.3 is 5.97 Å². The predicted octanol–water partition coefficient (Wildman–Crippen LogP) is 3.42. The molecular weight excluding hydrogens is 336 g/mol. The first-order valence-corrected chi connectivity index (χ1v) is 9.25. The van der Waals surface area contributed by atoms with Crippen LogP contribution in [0.15, 0.2) is 18.2 Å². The minimum atomic E-state index is -0.656. The van der Waals surface area contributed by atoms with Gasteiger partial charge < -0.3 is 9.64 Å². The molecule has 3 rings (SSSR count). The molecule has 0 aromatic heterocycles. The van der Waals surface area contributed by atoms with E-state index in [0.717, 1.165) is 18.9 Å². The number of benzene rings is 1. The van der Waals surface area contributed by atoms with Gasteiger partial charge in [0.15, 0.2) is 0 Å². The lowest BCUT2D eigenvalue weighted by Crippen LogP contribution is -2.44. The second kappa shape index (κ2) is 7.85. The lowest BCUT2D eigenvalue weighted by molar-refractivity contribution is -0.384. The van der Waals surface area contributed by atoms with Crippen LogP contribution in [0.2, 0.25) is 0 Å². The summed E-state index contributed by atoms with van der Waals surface area (Å²) >= 11 is 0. The van der Waals surface area contributed by atoms with Crippen LogP contribution in [0.1, 0.15) is 59.7 Å². The van der Waals surface area contributed by atoms with Crippen molar-refractivity contribution in [2.75, 3.05) is 19.7 Å². The number of piperidine rings is 1. The average molecular weight is 360 g/mol. The maximum atomic E-state index is 12.9. The standard InChI is InChI=1S/C19H24N2O5/c1-2-26-19(23)16-9-15(10-17(11-16)21(24)25)18(22)20-8-7-13-5-3-4-6-14(13)12-20/h9-11,13-14H,2-8,12H2,1H3/t13-,14-/m0/s1. The molecule has 26 heavy (non-hydrogen) atoms. The summed E-state index contributed by atoms with van der Waals surface area (Å²) in [6, 6.07) is 3.81. The van der Waals surface area contributed by atoms with Crippen molar-refractivity contribution in [1.82, 2.24) is 4.90 Å². The molecule has 7 heteroatoms. The summed E-state index contributed by atoms with van der Waals surface area (Å²) in [5, 5.41) is 11.2. The van der Waals surface area contributed by atoms with Gasteiger partial charge in [-0.2, -0.15) is 0 Å². The number of likely N-dealkylation sites (tertiary alicyclic amines) is 1. The summed E-state index contributed by atoms with van der Waals surface area (Å²) in [6.07, 6.45) is 5.82. The van der Waals surface area contributed by atoms with Crippen molar-refractivity contribution in [1.29, 1.82) is 0 Å². The molecule has 0 bridgehead atoms. The third kappa shape index (κ3) is 3.86. The van der Waals surface area contributed by atoms with Gasteiger partial charge in [-0.05, 0) is 37.7 Å². The van der Waals surface area contributed by atoms with Gasteiger partial charge in [0.1, 0.15) is 0 Å². The fourth-order valence-corrected chi connectivity index (χ4v) is 4.14. The molecule has 1 aromatic carbocycles. The largest absolute Gasteiger partial charge is 0.462 e. The van der Waals surface area contributed by atoms with E-state index < -0.39 is 10.9 Å². The van der Waals surface area contributed by atoms with Gasteiger partial charge in [0.05, 0.1) is 17.1 Å². The Morgan fingerprint density at radius 3 is 2.54 bits per heavy atom. The van der Waals surface area contributed by atoms with Crippen LogP contribution in [0.25, 0.3) is 0 Å². The van der Waals surface area contributed by atoms with Crippen LogP contribution >= 0.6 is 0 Å². The Morgan fingerprint density at radius 2 is 1.85 bits per heavy atom. The highest BCUT2D eigenvalue weighted by Gasteiger charge is 2.33. The molecule has 2 aliphatic rings. The van der Waals surface area contributed by atoms with Crippen LogP contribution in [-0.4, -0.2) is 41.4 Å². The van der Waals surface area contributed by atoms with Crippen molar-refractivity contribution < 1.29 is 19.2 Å². The molecule has 1 saturated heterocycles. The van der Waals surface area contributed by atoms with E-state index in [1.165, 1.54) is 31.4 Å². The minimum absolute atomic E-state index is 0.0388. The molecule has 1 amide bonds. The van der Waals surface area contributed by atoms with Gasteiger partial charge in [0.25, 0.3) is 11.6 Å². The fraction of sp³-hybridized carbons (Fsp3) is 0.579. The molecule has 2 atom stereocenters. The zero-order valence-corrected chi connectivity index (χ0v) is 15.0. The average Bonchev–Trinajstić information content (AvgIpc) is 2.66. The van der Waals surface area contributed by atoms with Gasteiger partial charge in [-0.15, -0.1) is 0 Å². The van der Waals surface area contributed by atoms with E-state index in [0.29, 0.717) is 24.9 Å². The van der Waals surface area contributed by atoms with Crippen LogP contribution in [0.3, 0.4) is 0 Å². The van der Waals surface area contributed by atoms with Crippen molar-refractivity contribution in [2.45, 2.75) is 39.0 Å². The Kier molecular flexibility index (Phi) is 5.54. The van der Waals surface area contributed by atoms with Gasteiger partial charge in [0, 0.05) is 30.8 Å². The molecule has 0 N–H and O–H groups in total. The van der Waals surface area contributed by atoms with Crippen LogP contribution in [0, 0.1) is 22.0 Å². The maximum absolute atomic E-state index is 12.9. The molecule has 140 valence electrons. The number of fused-ring (bicyclic) bond motifs is 1. The third-order valence-corrected chi connectivity index (χ3v) is 5.47. The SMILES string of the molecule is CCOC(=O)c1cc(C(=O)N2CC[C@@H]3CCCC[C@H]3C2)cc([N+](=O)[O-])c1. The number of rotatable bonds is 4. The Labute approximate surface area is 152 Å². The lowest BCUT2D eigenvalue weighted by Gasteiger charge is -2.41. The lowest BCUT2D eigenvalue weighted by atomic mass is 9.75. The van der Waals surface area contributed by atoms with Crippen molar-refractivity contribution in [3.63, 3.8) is 0 Å². The number of non-ortho nitro benzene ring substituents is 1. The monoisotopic (exact) mass is 360 g/mol. The number of nitrogens with zero attached hydrogens (tertiary/aromatic N) is 2. The second-order valence-corrected chi connectivity index (χ2v) is 7.09. The summed E-state index contributed by atoms with van der Waals surface area (Å²) < 4.78 is 4.93. The molecule has 7 nitrogen and oxygen atoms in total. The van der Waals surface area contributed by atoms with Gasteiger partial charge in [-0.3, -0.25) is 14.9 Å².